The third kappa shape index (κ3) is 5.02. The standard InChI is InChI=1S/C24H27N3O6S/c1-30-17-10-22(31-2)19(23(11-17)32-3)13-26-27-20(18-7-6-15(28)9-21(18)29)14-34-24(27)25-12-16-5-4-8-33-16/h6-7,9-11,13-14,16,28-29H,4-5,8,12H2,1-3H3/b25-24?,26-13+. The largest absolute Gasteiger partial charge is 0.508 e. The Morgan fingerprint density at radius 1 is 1.12 bits per heavy atom. The van der Waals surface area contributed by atoms with Crippen molar-refractivity contribution in [1.29, 1.82) is 0 Å². The highest BCUT2D eigenvalue weighted by Gasteiger charge is 2.17. The second kappa shape index (κ2) is 10.6. The molecule has 1 aliphatic rings. The van der Waals surface area contributed by atoms with Crippen molar-refractivity contribution in [1.82, 2.24) is 4.68 Å². The fourth-order valence-corrected chi connectivity index (χ4v) is 4.52. The van der Waals surface area contributed by atoms with Crippen LogP contribution in [0.3, 0.4) is 0 Å². The topological polar surface area (TPSA) is 107 Å². The monoisotopic (exact) mass is 485 g/mol. The van der Waals surface area contributed by atoms with Gasteiger partial charge < -0.3 is 29.2 Å². The molecule has 34 heavy (non-hydrogen) atoms. The van der Waals surface area contributed by atoms with Crippen LogP contribution in [0.2, 0.25) is 0 Å². The van der Waals surface area contributed by atoms with E-state index in [4.69, 9.17) is 23.9 Å². The summed E-state index contributed by atoms with van der Waals surface area (Å²) in [6.45, 7) is 1.28. The van der Waals surface area contributed by atoms with Gasteiger partial charge in [0.15, 0.2) is 0 Å². The van der Waals surface area contributed by atoms with Crippen LogP contribution >= 0.6 is 11.3 Å². The van der Waals surface area contributed by atoms with Crippen molar-refractivity contribution >= 4 is 17.6 Å². The second-order valence-corrected chi connectivity index (χ2v) is 8.42. The van der Waals surface area contributed by atoms with E-state index in [0.717, 1.165) is 19.4 Å². The molecule has 10 heteroatoms. The fourth-order valence-electron chi connectivity index (χ4n) is 3.69. The van der Waals surface area contributed by atoms with Crippen molar-refractivity contribution in [3.8, 4) is 40.0 Å². The number of hydrogen-bond donors (Lipinski definition) is 2. The van der Waals surface area contributed by atoms with Crippen LogP contribution in [0.4, 0.5) is 0 Å². The highest BCUT2D eigenvalue weighted by Crippen LogP contribution is 2.34. The van der Waals surface area contributed by atoms with E-state index in [0.29, 0.717) is 45.4 Å². The van der Waals surface area contributed by atoms with Gasteiger partial charge in [-0.25, -0.2) is 4.68 Å². The summed E-state index contributed by atoms with van der Waals surface area (Å²) in [5, 5.41) is 26.7. The highest BCUT2D eigenvalue weighted by atomic mass is 32.1. The first-order valence-corrected chi connectivity index (χ1v) is 11.6. The zero-order chi connectivity index (χ0) is 24.1. The van der Waals surface area contributed by atoms with Gasteiger partial charge >= 0.3 is 0 Å². The maximum atomic E-state index is 10.5. The molecule has 0 saturated carbocycles. The summed E-state index contributed by atoms with van der Waals surface area (Å²) in [7, 11) is 4.69. The Morgan fingerprint density at radius 2 is 1.88 bits per heavy atom. The van der Waals surface area contributed by atoms with Gasteiger partial charge in [-0.3, -0.25) is 4.99 Å². The molecule has 0 bridgehead atoms. The van der Waals surface area contributed by atoms with Crippen molar-refractivity contribution in [3.63, 3.8) is 0 Å². The summed E-state index contributed by atoms with van der Waals surface area (Å²) >= 11 is 1.40. The SMILES string of the molecule is COc1cc(OC)c(/C=N/n2c(-c3ccc(O)cc3O)csc2=NCC2CCCO2)c(OC)c1. The van der Waals surface area contributed by atoms with E-state index in [1.165, 1.54) is 23.5 Å². The number of ether oxygens (including phenoxy) is 4. The molecule has 9 nitrogen and oxygen atoms in total. The van der Waals surface area contributed by atoms with E-state index >= 15 is 0 Å². The van der Waals surface area contributed by atoms with Crippen molar-refractivity contribution in [2.24, 2.45) is 10.1 Å². The first-order chi connectivity index (χ1) is 16.5. The van der Waals surface area contributed by atoms with Crippen LogP contribution in [0.5, 0.6) is 28.7 Å². The molecular formula is C24H27N3O6S. The summed E-state index contributed by atoms with van der Waals surface area (Å²) in [6.07, 6.45) is 3.72. The number of aromatic hydroxyl groups is 2. The first-order valence-electron chi connectivity index (χ1n) is 10.7. The predicted octanol–water partition coefficient (Wildman–Crippen LogP) is 3.62. The molecule has 1 atom stereocenters. The molecule has 180 valence electrons. The number of hydrogen-bond acceptors (Lipinski definition) is 9. The van der Waals surface area contributed by atoms with Crippen molar-refractivity contribution < 1.29 is 29.2 Å². The molecular weight excluding hydrogens is 458 g/mol. The highest BCUT2D eigenvalue weighted by molar-refractivity contribution is 7.07. The van der Waals surface area contributed by atoms with Gasteiger partial charge in [-0.15, -0.1) is 11.3 Å². The minimum Gasteiger partial charge on any atom is -0.508 e. The van der Waals surface area contributed by atoms with Gasteiger partial charge in [0, 0.05) is 35.7 Å². The molecule has 0 spiro atoms. The third-order valence-electron chi connectivity index (χ3n) is 5.45. The third-order valence-corrected chi connectivity index (χ3v) is 6.31. The Balaban J connectivity index is 1.81. The minimum absolute atomic E-state index is 0.0254. The zero-order valence-corrected chi connectivity index (χ0v) is 20.0. The lowest BCUT2D eigenvalue weighted by Gasteiger charge is -2.12. The first kappa shape index (κ1) is 23.7. The molecule has 0 radical (unpaired) electrons. The van der Waals surface area contributed by atoms with E-state index in [9.17, 15) is 10.2 Å². The number of methoxy groups -OCH3 is 3. The maximum Gasteiger partial charge on any atom is 0.206 e. The molecule has 1 saturated heterocycles. The summed E-state index contributed by atoms with van der Waals surface area (Å²) in [4.78, 5) is 5.38. The number of nitrogens with zero attached hydrogens (tertiary/aromatic N) is 3. The molecule has 1 aromatic heterocycles. The molecule has 2 aromatic carbocycles. The van der Waals surface area contributed by atoms with Crippen LogP contribution in [0, 0.1) is 0 Å². The average Bonchev–Trinajstić information content (AvgIpc) is 3.50. The van der Waals surface area contributed by atoms with Gasteiger partial charge in [-0.05, 0) is 25.0 Å². The number of phenols is 2. The summed E-state index contributed by atoms with van der Waals surface area (Å²) in [5.41, 5.74) is 1.75. The van der Waals surface area contributed by atoms with Crippen molar-refractivity contribution in [2.75, 3.05) is 34.5 Å². The molecule has 3 aromatic rings. The molecule has 4 rings (SSSR count). The number of benzene rings is 2. The van der Waals surface area contributed by atoms with E-state index in [1.54, 1.807) is 50.4 Å². The predicted molar refractivity (Wildman–Crippen MR) is 130 cm³/mol. The Bertz CT molecular complexity index is 1220. The number of aromatic nitrogens is 1. The zero-order valence-electron chi connectivity index (χ0n) is 19.2. The van der Waals surface area contributed by atoms with Gasteiger partial charge in [0.1, 0.15) is 28.7 Å². The average molecular weight is 486 g/mol. The lowest BCUT2D eigenvalue weighted by atomic mass is 10.1. The molecule has 2 N–H and O–H groups in total. The fraction of sp³-hybridized carbons (Fsp3) is 0.333. The molecule has 1 fully saturated rings. The van der Waals surface area contributed by atoms with E-state index in [1.807, 2.05) is 5.38 Å². The second-order valence-electron chi connectivity index (χ2n) is 7.58. The van der Waals surface area contributed by atoms with Crippen LogP contribution < -0.4 is 19.0 Å². The van der Waals surface area contributed by atoms with Crippen molar-refractivity contribution in [3.05, 3.63) is 46.1 Å². The van der Waals surface area contributed by atoms with Crippen LogP contribution in [0.25, 0.3) is 11.3 Å². The number of rotatable bonds is 8. The summed E-state index contributed by atoms with van der Waals surface area (Å²) < 4.78 is 23.7. The lowest BCUT2D eigenvalue weighted by Crippen LogP contribution is -2.17. The molecule has 0 aliphatic carbocycles. The minimum atomic E-state index is -0.0629. The Kier molecular flexibility index (Phi) is 7.39. The van der Waals surface area contributed by atoms with Crippen molar-refractivity contribution in [2.45, 2.75) is 18.9 Å². The Hall–Kier alpha value is -3.50. The van der Waals surface area contributed by atoms with Crippen LogP contribution in [-0.4, -0.2) is 61.7 Å². The Morgan fingerprint density at radius 3 is 2.50 bits per heavy atom. The van der Waals surface area contributed by atoms with E-state index < -0.39 is 0 Å². The number of thiazole rings is 1. The van der Waals surface area contributed by atoms with Gasteiger partial charge in [0.05, 0.1) is 51.5 Å². The van der Waals surface area contributed by atoms with Gasteiger partial charge in [-0.2, -0.15) is 5.10 Å². The molecule has 2 heterocycles. The van der Waals surface area contributed by atoms with Gasteiger partial charge in [-0.1, -0.05) is 0 Å². The normalized spacial score (nSPS) is 16.3. The maximum absolute atomic E-state index is 10.5. The summed E-state index contributed by atoms with van der Waals surface area (Å²) in [6, 6.07) is 7.94. The lowest BCUT2D eigenvalue weighted by molar-refractivity contribution is 0.117. The molecule has 1 aliphatic heterocycles. The molecule has 1 unspecified atom stereocenters. The summed E-state index contributed by atoms with van der Waals surface area (Å²) in [5.74, 6) is 1.57. The smallest absolute Gasteiger partial charge is 0.206 e. The molecule has 0 amide bonds. The van der Waals surface area contributed by atoms with Crippen LogP contribution in [0.1, 0.15) is 18.4 Å². The van der Waals surface area contributed by atoms with Gasteiger partial charge in [0.2, 0.25) is 4.80 Å². The quantitative estimate of drug-likeness (QED) is 0.472. The van der Waals surface area contributed by atoms with Crippen LogP contribution in [-0.2, 0) is 4.74 Å². The van der Waals surface area contributed by atoms with Crippen LogP contribution in [0.15, 0.2) is 45.8 Å². The number of phenolic OH excluding ortho intramolecular Hbond substituents is 2. The van der Waals surface area contributed by atoms with E-state index in [-0.39, 0.29) is 17.6 Å². The van der Waals surface area contributed by atoms with Gasteiger partial charge in [0.25, 0.3) is 0 Å². The Labute approximate surface area is 201 Å². The van der Waals surface area contributed by atoms with E-state index in [2.05, 4.69) is 5.10 Å².